The van der Waals surface area contributed by atoms with Gasteiger partial charge in [-0.2, -0.15) is 0 Å². The highest BCUT2D eigenvalue weighted by Crippen LogP contribution is 2.27. The number of halogens is 1. The standard InChI is InChI=1S/C14H17BrN2S/c1-9-3-4-13(10(2)5-9)14(17-16)7-12-6-11(15)8-18-12/h3-6,8,14,17H,7,16H2,1-2H3. The van der Waals surface area contributed by atoms with Crippen molar-refractivity contribution < 1.29 is 0 Å². The molecule has 0 bridgehead atoms. The number of thiophene rings is 1. The smallest absolute Gasteiger partial charge is 0.0510 e. The topological polar surface area (TPSA) is 38.0 Å². The molecule has 0 spiro atoms. The van der Waals surface area contributed by atoms with Crippen molar-refractivity contribution in [1.29, 1.82) is 0 Å². The van der Waals surface area contributed by atoms with Crippen LogP contribution < -0.4 is 11.3 Å². The van der Waals surface area contributed by atoms with Crippen LogP contribution in [0, 0.1) is 13.8 Å². The predicted molar refractivity (Wildman–Crippen MR) is 81.7 cm³/mol. The number of rotatable bonds is 4. The van der Waals surface area contributed by atoms with Gasteiger partial charge in [-0.15, -0.1) is 11.3 Å². The molecule has 18 heavy (non-hydrogen) atoms. The summed E-state index contributed by atoms with van der Waals surface area (Å²) in [6.45, 7) is 4.25. The Morgan fingerprint density at radius 3 is 2.67 bits per heavy atom. The summed E-state index contributed by atoms with van der Waals surface area (Å²) in [4.78, 5) is 1.32. The third kappa shape index (κ3) is 3.20. The van der Waals surface area contributed by atoms with Gasteiger partial charge in [0.05, 0.1) is 6.04 Å². The summed E-state index contributed by atoms with van der Waals surface area (Å²) in [5, 5.41) is 2.10. The van der Waals surface area contributed by atoms with E-state index < -0.39 is 0 Å². The highest BCUT2D eigenvalue weighted by Gasteiger charge is 2.14. The lowest BCUT2D eigenvalue weighted by atomic mass is 9.97. The van der Waals surface area contributed by atoms with E-state index in [2.05, 4.69) is 64.8 Å². The quantitative estimate of drug-likeness (QED) is 0.661. The molecule has 4 heteroatoms. The molecule has 96 valence electrons. The fraction of sp³-hybridized carbons (Fsp3) is 0.286. The molecule has 0 radical (unpaired) electrons. The van der Waals surface area contributed by atoms with E-state index in [1.165, 1.54) is 21.6 Å². The van der Waals surface area contributed by atoms with Crippen LogP contribution in [-0.2, 0) is 6.42 Å². The van der Waals surface area contributed by atoms with Gasteiger partial charge in [0, 0.05) is 21.2 Å². The lowest BCUT2D eigenvalue weighted by Gasteiger charge is -2.18. The Bertz CT molecular complexity index is 536. The van der Waals surface area contributed by atoms with Crippen LogP contribution in [0.4, 0.5) is 0 Å². The SMILES string of the molecule is Cc1ccc(C(Cc2cc(Br)cs2)NN)c(C)c1. The average Bonchev–Trinajstić information content (AvgIpc) is 2.72. The van der Waals surface area contributed by atoms with Crippen LogP contribution in [0.15, 0.2) is 34.1 Å². The van der Waals surface area contributed by atoms with Crippen molar-refractivity contribution in [3.8, 4) is 0 Å². The summed E-state index contributed by atoms with van der Waals surface area (Å²) in [6.07, 6.45) is 0.913. The van der Waals surface area contributed by atoms with E-state index in [4.69, 9.17) is 5.84 Å². The van der Waals surface area contributed by atoms with Gasteiger partial charge in [-0.3, -0.25) is 11.3 Å². The molecule has 3 N–H and O–H groups in total. The minimum atomic E-state index is 0.163. The average molecular weight is 325 g/mol. The Morgan fingerprint density at radius 2 is 2.11 bits per heavy atom. The number of nitrogens with two attached hydrogens (primary N) is 1. The first kappa shape index (κ1) is 13.7. The second kappa shape index (κ2) is 5.97. The molecule has 0 aliphatic heterocycles. The van der Waals surface area contributed by atoms with Crippen molar-refractivity contribution in [2.24, 2.45) is 5.84 Å². The molecule has 1 heterocycles. The van der Waals surface area contributed by atoms with Gasteiger partial charge in [-0.05, 0) is 47.0 Å². The van der Waals surface area contributed by atoms with Gasteiger partial charge in [0.15, 0.2) is 0 Å². The van der Waals surface area contributed by atoms with E-state index in [0.29, 0.717) is 0 Å². The summed E-state index contributed by atoms with van der Waals surface area (Å²) in [5.74, 6) is 5.71. The molecule has 1 unspecified atom stereocenters. The number of benzene rings is 1. The molecule has 0 fully saturated rings. The first-order chi connectivity index (χ1) is 8.60. The summed E-state index contributed by atoms with van der Waals surface area (Å²) < 4.78 is 1.14. The van der Waals surface area contributed by atoms with Gasteiger partial charge >= 0.3 is 0 Å². The van der Waals surface area contributed by atoms with Gasteiger partial charge in [0.1, 0.15) is 0 Å². The zero-order valence-electron chi connectivity index (χ0n) is 10.5. The molecule has 1 aromatic heterocycles. The maximum Gasteiger partial charge on any atom is 0.0510 e. The third-order valence-electron chi connectivity index (χ3n) is 3.03. The van der Waals surface area contributed by atoms with Crippen LogP contribution in [0.2, 0.25) is 0 Å². The molecule has 1 atom stereocenters. The van der Waals surface area contributed by atoms with Crippen LogP contribution in [0.5, 0.6) is 0 Å². The van der Waals surface area contributed by atoms with E-state index in [1.54, 1.807) is 11.3 Å². The molecular weight excluding hydrogens is 308 g/mol. The fourth-order valence-electron chi connectivity index (χ4n) is 2.14. The van der Waals surface area contributed by atoms with E-state index >= 15 is 0 Å². The molecule has 2 rings (SSSR count). The summed E-state index contributed by atoms with van der Waals surface area (Å²) in [6, 6.07) is 8.81. The highest BCUT2D eigenvalue weighted by atomic mass is 79.9. The van der Waals surface area contributed by atoms with Crippen LogP contribution in [0.1, 0.15) is 27.6 Å². The molecule has 0 aliphatic carbocycles. The summed E-state index contributed by atoms with van der Waals surface area (Å²) in [7, 11) is 0. The third-order valence-corrected chi connectivity index (χ3v) is 4.75. The van der Waals surface area contributed by atoms with Crippen molar-refractivity contribution in [1.82, 2.24) is 5.43 Å². The first-order valence-corrected chi connectivity index (χ1v) is 7.53. The van der Waals surface area contributed by atoms with Crippen molar-refractivity contribution in [3.63, 3.8) is 0 Å². The Kier molecular flexibility index (Phi) is 4.56. The molecular formula is C14H17BrN2S. The van der Waals surface area contributed by atoms with Crippen molar-refractivity contribution in [2.75, 3.05) is 0 Å². The molecule has 0 saturated heterocycles. The predicted octanol–water partition coefficient (Wildman–Crippen LogP) is 3.87. The van der Waals surface area contributed by atoms with Crippen molar-refractivity contribution >= 4 is 27.3 Å². The van der Waals surface area contributed by atoms with E-state index in [-0.39, 0.29) is 6.04 Å². The summed E-state index contributed by atoms with van der Waals surface area (Å²) in [5.41, 5.74) is 6.77. The summed E-state index contributed by atoms with van der Waals surface area (Å²) >= 11 is 5.24. The second-order valence-corrected chi connectivity index (χ2v) is 6.43. The van der Waals surface area contributed by atoms with E-state index in [1.807, 2.05) is 0 Å². The number of hydrazine groups is 1. The Labute approximate surface area is 120 Å². The molecule has 1 aromatic carbocycles. The molecule has 0 saturated carbocycles. The zero-order valence-corrected chi connectivity index (χ0v) is 12.9. The van der Waals surface area contributed by atoms with Crippen molar-refractivity contribution in [3.05, 3.63) is 55.7 Å². The van der Waals surface area contributed by atoms with Crippen LogP contribution in [0.25, 0.3) is 0 Å². The number of aryl methyl sites for hydroxylation is 2. The number of nitrogens with one attached hydrogen (secondary N) is 1. The Hall–Kier alpha value is -0.680. The second-order valence-electron chi connectivity index (χ2n) is 4.51. The maximum atomic E-state index is 5.71. The monoisotopic (exact) mass is 324 g/mol. The largest absolute Gasteiger partial charge is 0.271 e. The normalized spacial score (nSPS) is 12.7. The minimum absolute atomic E-state index is 0.163. The van der Waals surface area contributed by atoms with Crippen LogP contribution in [-0.4, -0.2) is 0 Å². The van der Waals surface area contributed by atoms with Gasteiger partial charge in [-0.25, -0.2) is 0 Å². The maximum absolute atomic E-state index is 5.71. The molecule has 0 amide bonds. The number of hydrogen-bond donors (Lipinski definition) is 2. The lowest BCUT2D eigenvalue weighted by Crippen LogP contribution is -2.29. The van der Waals surface area contributed by atoms with Gasteiger partial charge in [0.2, 0.25) is 0 Å². The van der Waals surface area contributed by atoms with Gasteiger partial charge in [0.25, 0.3) is 0 Å². The highest BCUT2D eigenvalue weighted by molar-refractivity contribution is 9.10. The molecule has 0 aliphatic rings. The van der Waals surface area contributed by atoms with E-state index in [0.717, 1.165) is 10.9 Å². The first-order valence-electron chi connectivity index (χ1n) is 5.86. The van der Waals surface area contributed by atoms with Crippen LogP contribution >= 0.6 is 27.3 Å². The molecule has 2 nitrogen and oxygen atoms in total. The van der Waals surface area contributed by atoms with E-state index in [9.17, 15) is 0 Å². The number of hydrogen-bond acceptors (Lipinski definition) is 3. The van der Waals surface area contributed by atoms with Crippen LogP contribution in [0.3, 0.4) is 0 Å². The fourth-order valence-corrected chi connectivity index (χ4v) is 3.64. The van der Waals surface area contributed by atoms with Gasteiger partial charge < -0.3 is 0 Å². The Balaban J connectivity index is 2.22. The minimum Gasteiger partial charge on any atom is -0.271 e. The molecule has 2 aromatic rings. The van der Waals surface area contributed by atoms with Gasteiger partial charge in [-0.1, -0.05) is 23.8 Å². The Morgan fingerprint density at radius 1 is 1.33 bits per heavy atom. The zero-order chi connectivity index (χ0) is 13.1. The lowest BCUT2D eigenvalue weighted by molar-refractivity contribution is 0.553. The van der Waals surface area contributed by atoms with Crippen molar-refractivity contribution in [2.45, 2.75) is 26.3 Å².